The molecule has 0 amide bonds. The van der Waals surface area contributed by atoms with Crippen molar-refractivity contribution in [3.63, 3.8) is 0 Å². The Morgan fingerprint density at radius 1 is 1.15 bits per heavy atom. The Bertz CT molecular complexity index is 1030. The molecule has 27 heavy (non-hydrogen) atoms. The van der Waals surface area contributed by atoms with Crippen molar-refractivity contribution in [3.05, 3.63) is 71.6 Å². The first-order valence-corrected chi connectivity index (χ1v) is 9.25. The number of allylic oxidation sites excluding steroid dienone is 1. The lowest BCUT2D eigenvalue weighted by Crippen LogP contribution is -2.27. The zero-order valence-electron chi connectivity index (χ0n) is 15.0. The van der Waals surface area contributed by atoms with E-state index < -0.39 is 0 Å². The number of hydrogen-bond donors (Lipinski definition) is 1. The van der Waals surface area contributed by atoms with E-state index in [1.165, 1.54) is 16.5 Å². The third-order valence-electron chi connectivity index (χ3n) is 5.15. The van der Waals surface area contributed by atoms with E-state index in [1.54, 1.807) is 0 Å². The molecule has 2 aromatic heterocycles. The zero-order chi connectivity index (χ0) is 18.1. The SMILES string of the molecule is C(=Cc1ccc2c(c1)OCO2)C1=CCN(Cc2c[nH]c3ncccc23)CC1. The molecule has 5 rings (SSSR count). The third-order valence-corrected chi connectivity index (χ3v) is 5.15. The smallest absolute Gasteiger partial charge is 0.231 e. The molecule has 5 nitrogen and oxygen atoms in total. The summed E-state index contributed by atoms with van der Waals surface area (Å²) in [6.07, 6.45) is 11.6. The molecular weight excluding hydrogens is 338 g/mol. The fourth-order valence-electron chi connectivity index (χ4n) is 3.63. The molecule has 2 aliphatic heterocycles. The van der Waals surface area contributed by atoms with Crippen LogP contribution in [-0.2, 0) is 6.54 Å². The summed E-state index contributed by atoms with van der Waals surface area (Å²) in [6, 6.07) is 10.2. The van der Waals surface area contributed by atoms with E-state index in [4.69, 9.17) is 9.47 Å². The zero-order valence-corrected chi connectivity index (χ0v) is 15.0. The predicted molar refractivity (Wildman–Crippen MR) is 106 cm³/mol. The lowest BCUT2D eigenvalue weighted by molar-refractivity contribution is 0.174. The summed E-state index contributed by atoms with van der Waals surface area (Å²) in [5, 5.41) is 1.22. The third kappa shape index (κ3) is 3.34. The number of nitrogens with one attached hydrogen (secondary N) is 1. The summed E-state index contributed by atoms with van der Waals surface area (Å²) in [7, 11) is 0. The molecule has 0 radical (unpaired) electrons. The van der Waals surface area contributed by atoms with E-state index in [2.05, 4.69) is 51.4 Å². The second-order valence-electron chi connectivity index (χ2n) is 6.92. The molecule has 5 heteroatoms. The summed E-state index contributed by atoms with van der Waals surface area (Å²) in [4.78, 5) is 10.1. The number of pyridine rings is 1. The quantitative estimate of drug-likeness (QED) is 0.761. The Morgan fingerprint density at radius 2 is 2.11 bits per heavy atom. The largest absolute Gasteiger partial charge is 0.454 e. The van der Waals surface area contributed by atoms with Gasteiger partial charge in [-0.2, -0.15) is 0 Å². The van der Waals surface area contributed by atoms with E-state index in [0.29, 0.717) is 6.79 Å². The topological polar surface area (TPSA) is 50.4 Å². The molecule has 0 bridgehead atoms. The first-order chi connectivity index (χ1) is 13.3. The van der Waals surface area contributed by atoms with E-state index in [9.17, 15) is 0 Å². The van der Waals surface area contributed by atoms with Crippen molar-refractivity contribution in [1.82, 2.24) is 14.9 Å². The highest BCUT2D eigenvalue weighted by atomic mass is 16.7. The van der Waals surface area contributed by atoms with Crippen molar-refractivity contribution in [1.29, 1.82) is 0 Å². The molecule has 0 spiro atoms. The summed E-state index contributed by atoms with van der Waals surface area (Å²) in [6.45, 7) is 3.29. The van der Waals surface area contributed by atoms with Gasteiger partial charge in [-0.25, -0.2) is 4.98 Å². The Kier molecular flexibility index (Phi) is 4.14. The Labute approximate surface area is 157 Å². The van der Waals surface area contributed by atoms with Crippen molar-refractivity contribution >= 4 is 17.1 Å². The molecule has 0 saturated heterocycles. The van der Waals surface area contributed by atoms with E-state index >= 15 is 0 Å². The lowest BCUT2D eigenvalue weighted by atomic mass is 10.1. The van der Waals surface area contributed by atoms with Gasteiger partial charge in [-0.05, 0) is 47.4 Å². The number of aromatic nitrogens is 2. The Morgan fingerprint density at radius 3 is 3.04 bits per heavy atom. The number of nitrogens with zero attached hydrogens (tertiary/aromatic N) is 2. The first-order valence-electron chi connectivity index (χ1n) is 9.25. The average Bonchev–Trinajstić information content (AvgIpc) is 3.34. The number of ether oxygens (including phenoxy) is 2. The highest BCUT2D eigenvalue weighted by molar-refractivity contribution is 5.79. The average molecular weight is 359 g/mol. The molecule has 2 aliphatic rings. The molecule has 0 fully saturated rings. The second-order valence-corrected chi connectivity index (χ2v) is 6.92. The molecule has 0 unspecified atom stereocenters. The molecule has 1 aromatic carbocycles. The van der Waals surface area contributed by atoms with Crippen molar-refractivity contribution in [3.8, 4) is 11.5 Å². The number of hydrogen-bond acceptors (Lipinski definition) is 4. The molecule has 0 aliphatic carbocycles. The van der Waals surface area contributed by atoms with Crippen LogP contribution in [0.15, 0.2) is 60.5 Å². The number of aromatic amines is 1. The maximum Gasteiger partial charge on any atom is 0.231 e. The minimum Gasteiger partial charge on any atom is -0.454 e. The van der Waals surface area contributed by atoms with Crippen LogP contribution in [0, 0.1) is 0 Å². The van der Waals surface area contributed by atoms with Gasteiger partial charge in [-0.3, -0.25) is 4.90 Å². The molecule has 1 N–H and O–H groups in total. The summed E-state index contributed by atoms with van der Waals surface area (Å²) >= 11 is 0. The standard InChI is InChI=1S/C22H21N3O2/c1-2-19-18(13-24-22(19)23-9-1)14-25-10-7-16(8-11-25)3-4-17-5-6-20-21(12-17)27-15-26-20/h1-7,9,12-13H,8,10-11,14-15H2,(H,23,24). The van der Waals surface area contributed by atoms with E-state index in [1.807, 2.05) is 24.4 Å². The highest BCUT2D eigenvalue weighted by Gasteiger charge is 2.14. The highest BCUT2D eigenvalue weighted by Crippen LogP contribution is 2.33. The fraction of sp³-hybridized carbons (Fsp3) is 0.227. The van der Waals surface area contributed by atoms with Gasteiger partial charge in [0.15, 0.2) is 11.5 Å². The van der Waals surface area contributed by atoms with Gasteiger partial charge in [0.1, 0.15) is 5.65 Å². The molecule has 3 aromatic rings. The maximum absolute atomic E-state index is 5.44. The van der Waals surface area contributed by atoms with Gasteiger partial charge >= 0.3 is 0 Å². The number of benzene rings is 1. The van der Waals surface area contributed by atoms with Crippen LogP contribution in [0.2, 0.25) is 0 Å². The second kappa shape index (κ2) is 6.93. The van der Waals surface area contributed by atoms with E-state index in [0.717, 1.165) is 48.8 Å². The van der Waals surface area contributed by atoms with Crippen LogP contribution in [0.25, 0.3) is 17.1 Å². The Balaban J connectivity index is 1.23. The maximum atomic E-state index is 5.44. The van der Waals surface area contributed by atoms with Gasteiger partial charge in [0.25, 0.3) is 0 Å². The number of H-pyrrole nitrogens is 1. The minimum atomic E-state index is 0.315. The van der Waals surface area contributed by atoms with Crippen LogP contribution in [-0.4, -0.2) is 34.8 Å². The summed E-state index contributed by atoms with van der Waals surface area (Å²) in [5.41, 5.74) is 4.79. The normalized spacial score (nSPS) is 17.0. The van der Waals surface area contributed by atoms with Crippen molar-refractivity contribution in [2.45, 2.75) is 13.0 Å². The van der Waals surface area contributed by atoms with Gasteiger partial charge in [0, 0.05) is 37.4 Å². The summed E-state index contributed by atoms with van der Waals surface area (Å²) in [5.74, 6) is 1.65. The molecule has 136 valence electrons. The van der Waals surface area contributed by atoms with Crippen LogP contribution in [0.5, 0.6) is 11.5 Å². The molecule has 0 saturated carbocycles. The molecule has 0 atom stereocenters. The van der Waals surface area contributed by atoms with Gasteiger partial charge in [-0.15, -0.1) is 0 Å². The molecular formula is C22H21N3O2. The Hall–Kier alpha value is -3.05. The van der Waals surface area contributed by atoms with Crippen LogP contribution in [0.4, 0.5) is 0 Å². The lowest BCUT2D eigenvalue weighted by Gasteiger charge is -2.25. The molecule has 4 heterocycles. The number of rotatable bonds is 4. The van der Waals surface area contributed by atoms with Crippen LogP contribution in [0.1, 0.15) is 17.5 Å². The van der Waals surface area contributed by atoms with E-state index in [-0.39, 0.29) is 0 Å². The van der Waals surface area contributed by atoms with Gasteiger partial charge in [0.05, 0.1) is 0 Å². The first kappa shape index (κ1) is 16.1. The van der Waals surface area contributed by atoms with Crippen LogP contribution >= 0.6 is 0 Å². The fourth-order valence-corrected chi connectivity index (χ4v) is 3.63. The van der Waals surface area contributed by atoms with Crippen molar-refractivity contribution in [2.75, 3.05) is 19.9 Å². The van der Waals surface area contributed by atoms with Gasteiger partial charge < -0.3 is 14.5 Å². The van der Waals surface area contributed by atoms with Crippen molar-refractivity contribution in [2.24, 2.45) is 0 Å². The van der Waals surface area contributed by atoms with Gasteiger partial charge in [-0.1, -0.05) is 24.3 Å². The van der Waals surface area contributed by atoms with Gasteiger partial charge in [0.2, 0.25) is 6.79 Å². The monoisotopic (exact) mass is 359 g/mol. The minimum absolute atomic E-state index is 0.315. The van der Waals surface area contributed by atoms with Crippen molar-refractivity contribution < 1.29 is 9.47 Å². The van der Waals surface area contributed by atoms with Crippen LogP contribution < -0.4 is 9.47 Å². The predicted octanol–water partition coefficient (Wildman–Crippen LogP) is 4.14. The number of fused-ring (bicyclic) bond motifs is 2. The summed E-state index contributed by atoms with van der Waals surface area (Å²) < 4.78 is 10.8. The van der Waals surface area contributed by atoms with Crippen LogP contribution in [0.3, 0.4) is 0 Å².